The molecule has 0 spiro atoms. The van der Waals surface area contributed by atoms with Crippen LogP contribution in [0.3, 0.4) is 0 Å². The molecule has 0 atom stereocenters. The molecule has 0 fully saturated rings. The lowest BCUT2D eigenvalue weighted by atomic mass is 9.90. The molecule has 3 nitrogen and oxygen atoms in total. The van der Waals surface area contributed by atoms with Gasteiger partial charge in [-0.2, -0.15) is 0 Å². The lowest BCUT2D eigenvalue weighted by Gasteiger charge is -2.14. The number of nitrogens with zero attached hydrogens (tertiary/aromatic N) is 2. The van der Waals surface area contributed by atoms with E-state index < -0.39 is 0 Å². The van der Waals surface area contributed by atoms with Crippen molar-refractivity contribution >= 4 is 65.3 Å². The first-order chi connectivity index (χ1) is 20.3. The van der Waals surface area contributed by atoms with E-state index in [-0.39, 0.29) is 0 Å². The molecule has 0 saturated heterocycles. The molecule has 3 heteroatoms. The van der Waals surface area contributed by atoms with Crippen molar-refractivity contribution < 1.29 is 4.42 Å². The van der Waals surface area contributed by atoms with Crippen LogP contribution < -0.4 is 0 Å². The van der Waals surface area contributed by atoms with Crippen LogP contribution in [0.25, 0.3) is 87.8 Å². The maximum absolute atomic E-state index is 6.27. The SMILES string of the molecule is c1ccc(-c2nc3ccccc3nc2-c2ccc3c(c2)c2ccccc2c2c3ccc3oc4ccccc4c32)cc1. The molecule has 0 aliphatic carbocycles. The van der Waals surface area contributed by atoms with E-state index in [0.29, 0.717) is 0 Å². The fraction of sp³-hybridized carbons (Fsp3) is 0. The summed E-state index contributed by atoms with van der Waals surface area (Å²) < 4.78 is 6.27. The Labute approximate surface area is 235 Å². The van der Waals surface area contributed by atoms with E-state index in [0.717, 1.165) is 50.1 Å². The van der Waals surface area contributed by atoms with Gasteiger partial charge in [0.15, 0.2) is 0 Å². The Hall–Kier alpha value is -5.54. The van der Waals surface area contributed by atoms with Crippen molar-refractivity contribution in [3.8, 4) is 22.5 Å². The summed E-state index contributed by atoms with van der Waals surface area (Å²) in [7, 11) is 0. The molecule has 0 saturated carbocycles. The lowest BCUT2D eigenvalue weighted by Crippen LogP contribution is -1.95. The van der Waals surface area contributed by atoms with Crippen LogP contribution in [-0.4, -0.2) is 9.97 Å². The lowest BCUT2D eigenvalue weighted by molar-refractivity contribution is 0.669. The molecule has 2 aromatic heterocycles. The van der Waals surface area contributed by atoms with Gasteiger partial charge >= 0.3 is 0 Å². The van der Waals surface area contributed by atoms with Gasteiger partial charge in [-0.1, -0.05) is 97.1 Å². The van der Waals surface area contributed by atoms with Crippen molar-refractivity contribution in [1.82, 2.24) is 9.97 Å². The van der Waals surface area contributed by atoms with Gasteiger partial charge in [0.05, 0.1) is 22.4 Å². The minimum absolute atomic E-state index is 0.886. The van der Waals surface area contributed by atoms with E-state index in [4.69, 9.17) is 14.4 Å². The normalized spacial score (nSPS) is 11.9. The molecule has 9 aromatic rings. The van der Waals surface area contributed by atoms with Gasteiger partial charge in [-0.25, -0.2) is 9.97 Å². The highest BCUT2D eigenvalue weighted by Gasteiger charge is 2.18. The maximum Gasteiger partial charge on any atom is 0.136 e. The Balaban J connectivity index is 1.40. The van der Waals surface area contributed by atoms with Gasteiger partial charge in [0.2, 0.25) is 0 Å². The Morgan fingerprint density at radius 2 is 0.951 bits per heavy atom. The monoisotopic (exact) mass is 522 g/mol. The zero-order valence-corrected chi connectivity index (χ0v) is 22.0. The summed E-state index contributed by atoms with van der Waals surface area (Å²) in [6.07, 6.45) is 0. The largest absolute Gasteiger partial charge is 0.456 e. The van der Waals surface area contributed by atoms with Crippen LogP contribution in [0.4, 0.5) is 0 Å². The van der Waals surface area contributed by atoms with Crippen molar-refractivity contribution in [1.29, 1.82) is 0 Å². The highest BCUT2D eigenvalue weighted by atomic mass is 16.3. The number of furan rings is 1. The summed E-state index contributed by atoms with van der Waals surface area (Å²) in [5.41, 5.74) is 7.49. The van der Waals surface area contributed by atoms with E-state index >= 15 is 0 Å². The highest BCUT2D eigenvalue weighted by molar-refractivity contribution is 6.34. The number of benzene rings is 7. The first-order valence-electron chi connectivity index (χ1n) is 13.8. The van der Waals surface area contributed by atoms with Crippen molar-refractivity contribution in [3.05, 3.63) is 133 Å². The number of para-hydroxylation sites is 3. The zero-order valence-electron chi connectivity index (χ0n) is 22.0. The predicted molar refractivity (Wildman–Crippen MR) is 170 cm³/mol. The standard InChI is InChI=1S/C38H22N2O/c1-2-10-23(11-3-1)37-38(40-32-16-8-7-15-31(32)39-37)24-18-19-26-28-20-21-34-36(29-14-6-9-17-33(29)41-34)35(28)27-13-5-4-12-25(27)30(26)22-24/h1-22H. The van der Waals surface area contributed by atoms with E-state index in [9.17, 15) is 0 Å². The minimum atomic E-state index is 0.886. The molecule has 9 rings (SSSR count). The Kier molecular flexibility index (Phi) is 4.61. The van der Waals surface area contributed by atoms with E-state index in [1.54, 1.807) is 0 Å². The van der Waals surface area contributed by atoms with Gasteiger partial charge < -0.3 is 4.42 Å². The average Bonchev–Trinajstić information content (AvgIpc) is 3.43. The Morgan fingerprint density at radius 3 is 1.76 bits per heavy atom. The number of fused-ring (bicyclic) bond motifs is 11. The summed E-state index contributed by atoms with van der Waals surface area (Å²) in [5, 5.41) is 9.62. The van der Waals surface area contributed by atoms with Crippen LogP contribution in [0.5, 0.6) is 0 Å². The van der Waals surface area contributed by atoms with E-state index in [1.165, 1.54) is 37.7 Å². The van der Waals surface area contributed by atoms with Gasteiger partial charge in [0, 0.05) is 27.3 Å². The van der Waals surface area contributed by atoms with Crippen LogP contribution in [0, 0.1) is 0 Å². The third kappa shape index (κ3) is 3.26. The van der Waals surface area contributed by atoms with Crippen molar-refractivity contribution in [3.63, 3.8) is 0 Å². The molecular formula is C38H22N2O. The summed E-state index contributed by atoms with van der Waals surface area (Å²) >= 11 is 0. The van der Waals surface area contributed by atoms with Crippen molar-refractivity contribution in [2.45, 2.75) is 0 Å². The summed E-state index contributed by atoms with van der Waals surface area (Å²) in [5.74, 6) is 0. The van der Waals surface area contributed by atoms with E-state index in [1.807, 2.05) is 42.5 Å². The van der Waals surface area contributed by atoms with Crippen LogP contribution in [-0.2, 0) is 0 Å². The summed E-state index contributed by atoms with van der Waals surface area (Å²) in [4.78, 5) is 10.3. The molecule has 7 aromatic carbocycles. The minimum Gasteiger partial charge on any atom is -0.456 e. The van der Waals surface area contributed by atoms with Crippen LogP contribution >= 0.6 is 0 Å². The summed E-state index contributed by atoms with van der Waals surface area (Å²) in [6, 6.07) is 46.5. The fourth-order valence-corrected chi connectivity index (χ4v) is 6.40. The number of hydrogen-bond acceptors (Lipinski definition) is 3. The molecular weight excluding hydrogens is 500 g/mol. The third-order valence-electron chi connectivity index (χ3n) is 8.23. The first kappa shape index (κ1) is 22.3. The second-order valence-corrected chi connectivity index (χ2v) is 10.5. The van der Waals surface area contributed by atoms with Crippen molar-refractivity contribution in [2.24, 2.45) is 0 Å². The number of hydrogen-bond donors (Lipinski definition) is 0. The molecule has 0 aliphatic rings. The topological polar surface area (TPSA) is 38.9 Å². The molecule has 0 radical (unpaired) electrons. The second kappa shape index (κ2) is 8.48. The quantitative estimate of drug-likeness (QED) is 0.212. The van der Waals surface area contributed by atoms with Crippen LogP contribution in [0.15, 0.2) is 138 Å². The van der Waals surface area contributed by atoms with Crippen LogP contribution in [0.2, 0.25) is 0 Å². The number of aromatic nitrogens is 2. The fourth-order valence-electron chi connectivity index (χ4n) is 6.40. The van der Waals surface area contributed by atoms with Gasteiger partial charge in [-0.3, -0.25) is 0 Å². The number of rotatable bonds is 2. The molecule has 0 N–H and O–H groups in total. The molecule has 0 unspecified atom stereocenters. The van der Waals surface area contributed by atoms with Gasteiger partial charge in [-0.05, 0) is 63.3 Å². The van der Waals surface area contributed by atoms with E-state index in [2.05, 4.69) is 91.0 Å². The molecule has 41 heavy (non-hydrogen) atoms. The molecule has 2 heterocycles. The van der Waals surface area contributed by atoms with Gasteiger partial charge in [0.1, 0.15) is 11.2 Å². The molecule has 0 bridgehead atoms. The van der Waals surface area contributed by atoms with Crippen molar-refractivity contribution in [2.75, 3.05) is 0 Å². The average molecular weight is 523 g/mol. The highest BCUT2D eigenvalue weighted by Crippen LogP contribution is 2.43. The summed E-state index contributed by atoms with van der Waals surface area (Å²) in [6.45, 7) is 0. The first-order valence-corrected chi connectivity index (χ1v) is 13.8. The third-order valence-corrected chi connectivity index (χ3v) is 8.23. The maximum atomic E-state index is 6.27. The molecule has 190 valence electrons. The van der Waals surface area contributed by atoms with Gasteiger partial charge in [0.25, 0.3) is 0 Å². The Morgan fingerprint density at radius 1 is 0.366 bits per heavy atom. The van der Waals surface area contributed by atoms with Crippen LogP contribution in [0.1, 0.15) is 0 Å². The Bertz CT molecular complexity index is 2450. The predicted octanol–water partition coefficient (Wildman–Crippen LogP) is 10.3. The second-order valence-electron chi connectivity index (χ2n) is 10.5. The molecule has 0 aliphatic heterocycles. The zero-order chi connectivity index (χ0) is 26.9. The molecule has 0 amide bonds. The smallest absolute Gasteiger partial charge is 0.136 e. The van der Waals surface area contributed by atoms with Gasteiger partial charge in [-0.15, -0.1) is 0 Å².